The number of non-ortho nitro benzene ring substituents is 1. The van der Waals surface area contributed by atoms with Gasteiger partial charge in [-0.05, 0) is 54.6 Å². The molecule has 0 aromatic heterocycles. The molecule has 3 rings (SSSR count). The van der Waals surface area contributed by atoms with Crippen LogP contribution in [-0.2, 0) is 0 Å². The molecule has 0 heterocycles. The molecular formula is C18H12Cl2NO5P. The molecule has 0 amide bonds. The van der Waals surface area contributed by atoms with Gasteiger partial charge in [0.15, 0.2) is 0 Å². The lowest BCUT2D eigenvalue weighted by molar-refractivity contribution is -0.384. The smallest absolute Gasteiger partial charge is 0.409 e. The summed E-state index contributed by atoms with van der Waals surface area (Å²) in [6, 6.07) is 19.1. The first-order valence-corrected chi connectivity index (χ1v) is 9.44. The zero-order chi connectivity index (χ0) is 19.2. The van der Waals surface area contributed by atoms with Crippen molar-refractivity contribution in [2.45, 2.75) is 0 Å². The number of nitro benzene ring substituents is 1. The Morgan fingerprint density at radius 2 is 1.22 bits per heavy atom. The highest BCUT2D eigenvalue weighted by molar-refractivity contribution is 7.43. The minimum Gasteiger partial charge on any atom is -0.409 e. The predicted molar refractivity (Wildman–Crippen MR) is 105 cm³/mol. The molecule has 0 radical (unpaired) electrons. The number of hydrogen-bond donors (Lipinski definition) is 0. The number of benzene rings is 3. The lowest BCUT2D eigenvalue weighted by atomic mass is 10.3. The van der Waals surface area contributed by atoms with Crippen LogP contribution in [0.3, 0.4) is 0 Å². The van der Waals surface area contributed by atoms with Crippen molar-refractivity contribution in [1.82, 2.24) is 0 Å². The molecule has 0 fully saturated rings. The molecule has 0 spiro atoms. The Balaban J connectivity index is 1.81. The molecule has 0 aliphatic rings. The number of hydrogen-bond acceptors (Lipinski definition) is 5. The second kappa shape index (κ2) is 8.91. The van der Waals surface area contributed by atoms with E-state index in [4.69, 9.17) is 36.8 Å². The van der Waals surface area contributed by atoms with Gasteiger partial charge in [-0.2, -0.15) is 0 Å². The topological polar surface area (TPSA) is 70.8 Å². The fourth-order valence-electron chi connectivity index (χ4n) is 1.96. The molecule has 3 aromatic carbocycles. The van der Waals surface area contributed by atoms with E-state index in [0.717, 1.165) is 0 Å². The van der Waals surface area contributed by atoms with Gasteiger partial charge >= 0.3 is 8.60 Å². The minimum absolute atomic E-state index is 0.0968. The van der Waals surface area contributed by atoms with Crippen molar-refractivity contribution in [3.63, 3.8) is 0 Å². The van der Waals surface area contributed by atoms with Crippen LogP contribution in [0.15, 0.2) is 72.8 Å². The quantitative estimate of drug-likeness (QED) is 0.241. The van der Waals surface area contributed by atoms with Crippen molar-refractivity contribution < 1.29 is 18.5 Å². The molecule has 138 valence electrons. The van der Waals surface area contributed by atoms with Crippen molar-refractivity contribution in [2.24, 2.45) is 0 Å². The molecule has 27 heavy (non-hydrogen) atoms. The Hall–Kier alpha value is -2.53. The number of rotatable bonds is 7. The number of nitro groups is 1. The first-order chi connectivity index (χ1) is 13.0. The molecule has 0 aliphatic heterocycles. The van der Waals surface area contributed by atoms with Crippen LogP contribution in [0.25, 0.3) is 0 Å². The van der Waals surface area contributed by atoms with Crippen LogP contribution in [0.5, 0.6) is 17.2 Å². The van der Waals surface area contributed by atoms with Gasteiger partial charge in [0, 0.05) is 16.1 Å². The second-order valence-corrected chi connectivity index (χ2v) is 7.03. The summed E-state index contributed by atoms with van der Waals surface area (Å²) in [6.07, 6.45) is 0. The Bertz CT molecular complexity index is 874. The summed E-state index contributed by atoms with van der Waals surface area (Å²) in [6.45, 7) is 0. The summed E-state index contributed by atoms with van der Waals surface area (Å²) in [5.41, 5.74) is -0.0968. The zero-order valence-corrected chi connectivity index (χ0v) is 16.0. The zero-order valence-electron chi connectivity index (χ0n) is 13.6. The third kappa shape index (κ3) is 5.73. The molecule has 0 unspecified atom stereocenters. The van der Waals surface area contributed by atoms with Gasteiger partial charge in [0.25, 0.3) is 5.69 Å². The molecule has 0 aliphatic carbocycles. The maximum atomic E-state index is 11.0. The van der Waals surface area contributed by atoms with E-state index in [9.17, 15) is 10.1 Å². The van der Waals surface area contributed by atoms with Crippen LogP contribution in [0.4, 0.5) is 5.69 Å². The van der Waals surface area contributed by atoms with Crippen molar-refractivity contribution in [1.29, 1.82) is 0 Å². The summed E-state index contributed by atoms with van der Waals surface area (Å²) >= 11 is 11.8. The lowest BCUT2D eigenvalue weighted by Crippen LogP contribution is -2.02. The highest BCUT2D eigenvalue weighted by atomic mass is 35.5. The molecule has 6 nitrogen and oxygen atoms in total. The van der Waals surface area contributed by atoms with E-state index in [1.54, 1.807) is 54.6 Å². The number of halogens is 2. The highest BCUT2D eigenvalue weighted by Gasteiger charge is 2.21. The summed E-state index contributed by atoms with van der Waals surface area (Å²) in [5, 5.41) is 12.1. The monoisotopic (exact) mass is 423 g/mol. The van der Waals surface area contributed by atoms with E-state index in [1.165, 1.54) is 18.2 Å². The van der Waals surface area contributed by atoms with Crippen LogP contribution in [0.2, 0.25) is 10.0 Å². The molecular weight excluding hydrogens is 412 g/mol. The van der Waals surface area contributed by atoms with Crippen LogP contribution >= 0.6 is 31.8 Å². The van der Waals surface area contributed by atoms with Crippen molar-refractivity contribution in [3.8, 4) is 17.2 Å². The van der Waals surface area contributed by atoms with E-state index in [1.807, 2.05) is 0 Å². The third-order valence-corrected chi connectivity index (χ3v) is 4.78. The molecule has 3 aromatic rings. The largest absolute Gasteiger partial charge is 0.530 e. The molecule has 9 heteroatoms. The van der Waals surface area contributed by atoms with E-state index < -0.39 is 13.5 Å². The molecule has 0 N–H and O–H groups in total. The van der Waals surface area contributed by atoms with Crippen LogP contribution in [-0.4, -0.2) is 4.92 Å². The van der Waals surface area contributed by atoms with E-state index in [2.05, 4.69) is 0 Å². The van der Waals surface area contributed by atoms with Gasteiger partial charge in [0.2, 0.25) is 0 Å². The maximum absolute atomic E-state index is 11.0. The fraction of sp³-hybridized carbons (Fsp3) is 0. The maximum Gasteiger partial charge on any atom is 0.530 e. The summed E-state index contributed by atoms with van der Waals surface area (Å²) < 4.78 is 17.3. The van der Waals surface area contributed by atoms with E-state index in [-0.39, 0.29) is 11.4 Å². The Morgan fingerprint density at radius 3 is 1.70 bits per heavy atom. The van der Waals surface area contributed by atoms with Gasteiger partial charge in [-0.15, -0.1) is 0 Å². The van der Waals surface area contributed by atoms with Gasteiger partial charge < -0.3 is 13.6 Å². The van der Waals surface area contributed by atoms with Crippen LogP contribution in [0, 0.1) is 10.1 Å². The normalized spacial score (nSPS) is 10.5. The first kappa shape index (κ1) is 19.2. The average molecular weight is 424 g/mol. The Kier molecular flexibility index (Phi) is 6.35. The molecule has 0 bridgehead atoms. The highest BCUT2D eigenvalue weighted by Crippen LogP contribution is 2.43. The lowest BCUT2D eigenvalue weighted by Gasteiger charge is -2.18. The summed E-state index contributed by atoms with van der Waals surface area (Å²) in [4.78, 5) is 10.4. The van der Waals surface area contributed by atoms with Crippen LogP contribution < -0.4 is 13.6 Å². The molecule has 0 saturated heterocycles. The summed E-state index contributed by atoms with van der Waals surface area (Å²) in [5.74, 6) is 1.20. The third-order valence-electron chi connectivity index (χ3n) is 3.20. The standard InChI is InChI=1S/C18H12Cl2NO5P/c19-13-4-8-16(9-5-13)24-27(25-17-10-6-14(20)7-11-17)26-18-3-1-2-15(12-18)21(22)23/h1-12H. The van der Waals surface area contributed by atoms with Gasteiger partial charge in [0.1, 0.15) is 17.2 Å². The van der Waals surface area contributed by atoms with Crippen molar-refractivity contribution >= 4 is 37.5 Å². The summed E-state index contributed by atoms with van der Waals surface area (Å²) in [7, 11) is -1.95. The minimum atomic E-state index is -1.95. The van der Waals surface area contributed by atoms with Gasteiger partial charge in [-0.25, -0.2) is 0 Å². The van der Waals surface area contributed by atoms with Gasteiger partial charge in [-0.1, -0.05) is 29.3 Å². The SMILES string of the molecule is O=[N+]([O-])c1cccc(OP(Oc2ccc(Cl)cc2)Oc2ccc(Cl)cc2)c1. The predicted octanol–water partition coefficient (Wildman–Crippen LogP) is 6.67. The fourth-order valence-corrected chi connectivity index (χ4v) is 3.20. The van der Waals surface area contributed by atoms with E-state index in [0.29, 0.717) is 21.5 Å². The van der Waals surface area contributed by atoms with Crippen LogP contribution in [0.1, 0.15) is 0 Å². The van der Waals surface area contributed by atoms with Gasteiger partial charge in [-0.3, -0.25) is 10.1 Å². The Labute approximate surface area is 166 Å². The Morgan fingerprint density at radius 1 is 0.741 bits per heavy atom. The first-order valence-electron chi connectivity index (χ1n) is 7.59. The molecule has 0 saturated carbocycles. The number of nitrogens with zero attached hydrogens (tertiary/aromatic N) is 1. The van der Waals surface area contributed by atoms with Gasteiger partial charge in [0.05, 0.1) is 11.0 Å². The van der Waals surface area contributed by atoms with E-state index >= 15 is 0 Å². The second-order valence-electron chi connectivity index (χ2n) is 5.16. The molecule has 0 atom stereocenters. The van der Waals surface area contributed by atoms with Crippen molar-refractivity contribution in [3.05, 3.63) is 93.0 Å². The van der Waals surface area contributed by atoms with Crippen molar-refractivity contribution in [2.75, 3.05) is 0 Å². The average Bonchev–Trinajstić information content (AvgIpc) is 2.65.